The third-order valence-electron chi connectivity index (χ3n) is 5.27. The Hall–Kier alpha value is -3.32. The fraction of sp³-hybridized carbons (Fsp3) is 0.200. The number of halogens is 1. The lowest BCUT2D eigenvalue weighted by Crippen LogP contribution is -2.46. The van der Waals surface area contributed by atoms with Gasteiger partial charge in [0.15, 0.2) is 5.78 Å². The lowest BCUT2D eigenvalue weighted by Gasteiger charge is -2.41. The van der Waals surface area contributed by atoms with E-state index in [1.165, 1.54) is 6.07 Å². The van der Waals surface area contributed by atoms with Gasteiger partial charge in [-0.15, -0.1) is 11.8 Å². The predicted octanol–water partition coefficient (Wildman–Crippen LogP) is 5.38. The average molecular weight is 452 g/mol. The number of amides is 1. The van der Waals surface area contributed by atoms with Gasteiger partial charge in [0.1, 0.15) is 17.3 Å². The van der Waals surface area contributed by atoms with E-state index in [0.717, 1.165) is 17.3 Å². The lowest BCUT2D eigenvalue weighted by atomic mass is 9.93. The van der Waals surface area contributed by atoms with E-state index in [1.807, 2.05) is 6.92 Å². The first-order chi connectivity index (χ1) is 15.5. The Bertz CT molecular complexity index is 1130. The van der Waals surface area contributed by atoms with Gasteiger partial charge in [0.05, 0.1) is 24.8 Å². The number of carbonyl (C=O) groups is 2. The highest BCUT2D eigenvalue weighted by molar-refractivity contribution is 8.00. The number of hydrogen-bond donors (Lipinski definition) is 1. The molecular weight excluding hydrogens is 429 g/mol. The summed E-state index contributed by atoms with van der Waals surface area (Å²) in [7, 11) is 0. The number of phenols is 1. The van der Waals surface area contributed by atoms with Gasteiger partial charge in [0.2, 0.25) is 5.91 Å². The molecule has 1 amide bonds. The van der Waals surface area contributed by atoms with Gasteiger partial charge < -0.3 is 14.7 Å². The highest BCUT2D eigenvalue weighted by Crippen LogP contribution is 2.40. The predicted molar refractivity (Wildman–Crippen MR) is 122 cm³/mol. The molecule has 7 heteroatoms. The van der Waals surface area contributed by atoms with Crippen molar-refractivity contribution in [2.45, 2.75) is 24.3 Å². The summed E-state index contributed by atoms with van der Waals surface area (Å²) in [4.78, 5) is 26.8. The molecule has 1 saturated heterocycles. The minimum atomic E-state index is -0.438. The van der Waals surface area contributed by atoms with Crippen LogP contribution in [-0.4, -0.2) is 29.2 Å². The number of benzene rings is 3. The van der Waals surface area contributed by atoms with Gasteiger partial charge in [-0.05, 0) is 67.1 Å². The van der Waals surface area contributed by atoms with E-state index >= 15 is 0 Å². The van der Waals surface area contributed by atoms with Gasteiger partial charge in [0.25, 0.3) is 0 Å². The molecule has 1 unspecified atom stereocenters. The molecule has 0 radical (unpaired) electrons. The van der Waals surface area contributed by atoms with Crippen LogP contribution >= 0.6 is 11.8 Å². The fourth-order valence-electron chi connectivity index (χ4n) is 3.59. The summed E-state index contributed by atoms with van der Waals surface area (Å²) in [6.45, 7) is 2.44. The van der Waals surface area contributed by atoms with Gasteiger partial charge in [-0.25, -0.2) is 4.39 Å². The van der Waals surface area contributed by atoms with Crippen LogP contribution in [0, 0.1) is 5.82 Å². The number of ketones is 1. The van der Waals surface area contributed by atoms with E-state index < -0.39 is 5.82 Å². The van der Waals surface area contributed by atoms with E-state index in [9.17, 15) is 19.1 Å². The highest BCUT2D eigenvalue weighted by atomic mass is 32.2. The molecule has 32 heavy (non-hydrogen) atoms. The largest absolute Gasteiger partial charge is 0.508 e. The third kappa shape index (κ3) is 4.62. The molecule has 0 saturated carbocycles. The van der Waals surface area contributed by atoms with E-state index in [0.29, 0.717) is 34.9 Å². The number of rotatable bonds is 8. The van der Waals surface area contributed by atoms with Crippen LogP contribution in [0.2, 0.25) is 0 Å². The Morgan fingerprint density at radius 2 is 1.84 bits per heavy atom. The summed E-state index contributed by atoms with van der Waals surface area (Å²) in [5.41, 5.74) is 2.01. The lowest BCUT2D eigenvalue weighted by molar-refractivity contribution is -0.124. The maximum absolute atomic E-state index is 14.4. The summed E-state index contributed by atoms with van der Waals surface area (Å²) in [6.07, 6.45) is 0.348. The average Bonchev–Trinajstić information content (AvgIpc) is 2.79. The molecule has 0 aliphatic carbocycles. The highest BCUT2D eigenvalue weighted by Gasteiger charge is 2.38. The molecule has 3 aromatic rings. The Kier molecular flexibility index (Phi) is 6.46. The number of Topliss-reactive ketones (excluding diaryl/α,β-unsaturated/α-hetero) is 1. The van der Waals surface area contributed by atoms with Crippen LogP contribution in [-0.2, 0) is 4.79 Å². The summed E-state index contributed by atoms with van der Waals surface area (Å²) >= 11 is 1.10. The van der Waals surface area contributed by atoms with Crippen LogP contribution in [0.1, 0.15) is 35.3 Å². The van der Waals surface area contributed by atoms with E-state index in [1.54, 1.807) is 65.6 Å². The summed E-state index contributed by atoms with van der Waals surface area (Å²) in [5, 5.41) is 9.50. The molecule has 0 bridgehead atoms. The van der Waals surface area contributed by atoms with Gasteiger partial charge in [-0.1, -0.05) is 12.1 Å². The monoisotopic (exact) mass is 451 g/mol. The molecular formula is C25H22FNO4S. The second-order valence-electron chi connectivity index (χ2n) is 7.36. The molecule has 1 fully saturated rings. The number of aromatic hydroxyl groups is 1. The summed E-state index contributed by atoms with van der Waals surface area (Å²) in [5.74, 6) is 0.304. The van der Waals surface area contributed by atoms with Crippen molar-refractivity contribution in [3.05, 3.63) is 83.7 Å². The van der Waals surface area contributed by atoms with E-state index in [2.05, 4.69) is 0 Å². The van der Waals surface area contributed by atoms with Crippen LogP contribution in [0.4, 0.5) is 10.1 Å². The Balaban J connectivity index is 1.47. The summed E-state index contributed by atoms with van der Waals surface area (Å²) < 4.78 is 19.8. The quantitative estimate of drug-likeness (QED) is 0.283. The molecule has 5 nitrogen and oxygen atoms in total. The first kappa shape index (κ1) is 21.9. The second kappa shape index (κ2) is 9.44. The molecule has 0 spiro atoms. The SMILES string of the molecule is CCOc1ccc(C(=O)CSc2cc(N3C(=O)CC3c3ccc(O)cc3)ccc2F)cc1. The van der Waals surface area contributed by atoms with Crippen molar-refractivity contribution in [1.29, 1.82) is 0 Å². The van der Waals surface area contributed by atoms with Crippen LogP contribution in [0.25, 0.3) is 0 Å². The Labute approximate surface area is 189 Å². The molecule has 4 rings (SSSR count). The van der Waals surface area contributed by atoms with Crippen molar-refractivity contribution in [2.75, 3.05) is 17.3 Å². The minimum absolute atomic E-state index is 0.0592. The van der Waals surface area contributed by atoms with Crippen molar-refractivity contribution in [2.24, 2.45) is 0 Å². The second-order valence-corrected chi connectivity index (χ2v) is 8.38. The number of phenolic OH excluding ortho intramolecular Hbond substituents is 1. The number of carbonyl (C=O) groups excluding carboxylic acids is 2. The van der Waals surface area contributed by atoms with Gasteiger partial charge >= 0.3 is 0 Å². The number of anilines is 1. The number of hydrogen-bond acceptors (Lipinski definition) is 5. The van der Waals surface area contributed by atoms with Crippen molar-refractivity contribution in [3.63, 3.8) is 0 Å². The number of ether oxygens (including phenoxy) is 1. The van der Waals surface area contributed by atoms with E-state index in [-0.39, 0.29) is 29.2 Å². The molecule has 0 aromatic heterocycles. The molecule has 3 aromatic carbocycles. The van der Waals surface area contributed by atoms with Crippen LogP contribution in [0.3, 0.4) is 0 Å². The standard InChI is InChI=1S/C25H22FNO4S/c1-2-31-20-10-5-17(6-11-20)23(29)15-32-24-13-18(7-12-21(24)26)27-22(14-25(27)30)16-3-8-19(28)9-4-16/h3-13,22,28H,2,14-15H2,1H3. The molecule has 1 aliphatic rings. The molecule has 1 aliphatic heterocycles. The number of nitrogens with zero attached hydrogens (tertiary/aromatic N) is 1. The Morgan fingerprint density at radius 3 is 2.50 bits per heavy atom. The zero-order chi connectivity index (χ0) is 22.7. The third-order valence-corrected chi connectivity index (χ3v) is 6.30. The zero-order valence-electron chi connectivity index (χ0n) is 17.5. The Morgan fingerprint density at radius 1 is 1.12 bits per heavy atom. The van der Waals surface area contributed by atoms with Gasteiger partial charge in [-0.3, -0.25) is 9.59 Å². The van der Waals surface area contributed by atoms with Crippen LogP contribution < -0.4 is 9.64 Å². The fourth-order valence-corrected chi connectivity index (χ4v) is 4.45. The van der Waals surface area contributed by atoms with Crippen molar-refractivity contribution < 1.29 is 23.8 Å². The molecule has 1 heterocycles. The van der Waals surface area contributed by atoms with E-state index in [4.69, 9.17) is 4.74 Å². The topological polar surface area (TPSA) is 66.8 Å². The molecule has 164 valence electrons. The normalized spacial score (nSPS) is 15.4. The van der Waals surface area contributed by atoms with Crippen LogP contribution in [0.15, 0.2) is 71.6 Å². The first-order valence-electron chi connectivity index (χ1n) is 10.3. The summed E-state index contributed by atoms with van der Waals surface area (Å²) in [6, 6.07) is 17.9. The molecule has 1 N–H and O–H groups in total. The smallest absolute Gasteiger partial charge is 0.230 e. The minimum Gasteiger partial charge on any atom is -0.508 e. The zero-order valence-corrected chi connectivity index (χ0v) is 18.3. The maximum Gasteiger partial charge on any atom is 0.230 e. The number of thioether (sulfide) groups is 1. The number of β-lactam (4-membered cyclic amide) rings is 1. The van der Waals surface area contributed by atoms with Gasteiger partial charge in [0, 0.05) is 16.1 Å². The van der Waals surface area contributed by atoms with Crippen LogP contribution in [0.5, 0.6) is 11.5 Å². The van der Waals surface area contributed by atoms with Crippen molar-refractivity contribution >= 4 is 29.1 Å². The first-order valence-corrected chi connectivity index (χ1v) is 11.2. The van der Waals surface area contributed by atoms with Gasteiger partial charge in [-0.2, -0.15) is 0 Å². The maximum atomic E-state index is 14.4. The van der Waals surface area contributed by atoms with Crippen molar-refractivity contribution in [1.82, 2.24) is 0 Å². The van der Waals surface area contributed by atoms with Crippen molar-refractivity contribution in [3.8, 4) is 11.5 Å². The molecule has 1 atom stereocenters.